The first-order chi connectivity index (χ1) is 20.0. The van der Waals surface area contributed by atoms with Crippen molar-refractivity contribution in [2.45, 2.75) is 56.5 Å². The van der Waals surface area contributed by atoms with E-state index in [-0.39, 0.29) is 23.3 Å². The van der Waals surface area contributed by atoms with E-state index in [0.717, 1.165) is 20.3 Å². The zero-order valence-electron chi connectivity index (χ0n) is 25.2. The quantitative estimate of drug-likeness (QED) is 0.242. The maximum atomic E-state index is 14.2. The number of hydrogen-bond donors (Lipinski definition) is 1. The normalized spacial score (nSPS) is 12.1. The molecule has 1 atom stereocenters. The molecular weight excluding hydrogens is 571 g/mol. The molecular formula is C32H41N3O5S2. The zero-order valence-corrected chi connectivity index (χ0v) is 26.8. The number of amides is 2. The van der Waals surface area contributed by atoms with Gasteiger partial charge in [-0.1, -0.05) is 50.6 Å². The number of methoxy groups -OCH3 is 1. The van der Waals surface area contributed by atoms with Crippen LogP contribution in [0.15, 0.2) is 82.6 Å². The fraction of sp³-hybridized carbons (Fsp3) is 0.375. The second-order valence-electron chi connectivity index (χ2n) is 10.5. The highest BCUT2D eigenvalue weighted by atomic mass is 32.2. The molecule has 0 saturated heterocycles. The van der Waals surface area contributed by atoms with Gasteiger partial charge in [-0.05, 0) is 79.6 Å². The van der Waals surface area contributed by atoms with Gasteiger partial charge in [0.2, 0.25) is 11.8 Å². The molecule has 0 aromatic heterocycles. The first-order valence-corrected chi connectivity index (χ1v) is 16.6. The van der Waals surface area contributed by atoms with Gasteiger partial charge in [-0.2, -0.15) is 0 Å². The number of aryl methyl sites for hydroxylation is 1. The van der Waals surface area contributed by atoms with Crippen LogP contribution in [0.2, 0.25) is 0 Å². The number of ether oxygens (including phenoxy) is 1. The average molecular weight is 612 g/mol. The monoisotopic (exact) mass is 611 g/mol. The molecule has 10 heteroatoms. The summed E-state index contributed by atoms with van der Waals surface area (Å²) in [6, 6.07) is 20.0. The molecule has 0 spiro atoms. The highest BCUT2D eigenvalue weighted by Gasteiger charge is 2.33. The lowest BCUT2D eigenvalue weighted by atomic mass is 10.1. The summed E-state index contributed by atoms with van der Waals surface area (Å²) < 4.78 is 34.4. The van der Waals surface area contributed by atoms with E-state index in [9.17, 15) is 18.0 Å². The average Bonchev–Trinajstić information content (AvgIpc) is 2.99. The number of sulfonamides is 1. The van der Waals surface area contributed by atoms with Crippen molar-refractivity contribution in [2.24, 2.45) is 5.92 Å². The lowest BCUT2D eigenvalue weighted by Gasteiger charge is -2.33. The molecule has 3 rings (SSSR count). The minimum Gasteiger partial charge on any atom is -0.497 e. The van der Waals surface area contributed by atoms with Crippen molar-refractivity contribution in [2.75, 3.05) is 30.8 Å². The first kappa shape index (κ1) is 33.0. The van der Waals surface area contributed by atoms with Gasteiger partial charge in [-0.25, -0.2) is 8.42 Å². The zero-order chi connectivity index (χ0) is 30.9. The molecule has 0 radical (unpaired) electrons. The van der Waals surface area contributed by atoms with Gasteiger partial charge in [0.25, 0.3) is 10.0 Å². The number of hydrogen-bond acceptors (Lipinski definition) is 6. The summed E-state index contributed by atoms with van der Waals surface area (Å²) in [5, 5.41) is 2.94. The van der Waals surface area contributed by atoms with Gasteiger partial charge in [0.15, 0.2) is 0 Å². The standard InChI is InChI=1S/C32H41N3O5S2/c1-7-30(32(37)33-20-23(2)3)34(21-25-10-14-27(40-5)15-11-25)31(36)22-35(26-12-8-24(4)9-13-26)42(38,39)29-18-16-28(41-6)17-19-29/h8-19,23,30H,7,20-22H2,1-6H3,(H,33,37)/t30-/m1/s1. The third-order valence-electron chi connectivity index (χ3n) is 6.83. The van der Waals surface area contributed by atoms with Crippen LogP contribution in [0, 0.1) is 12.8 Å². The van der Waals surface area contributed by atoms with Crippen LogP contribution < -0.4 is 14.4 Å². The molecule has 0 saturated carbocycles. The molecule has 0 aliphatic rings. The molecule has 42 heavy (non-hydrogen) atoms. The van der Waals surface area contributed by atoms with Crippen LogP contribution in [0.25, 0.3) is 0 Å². The van der Waals surface area contributed by atoms with E-state index in [4.69, 9.17) is 4.74 Å². The van der Waals surface area contributed by atoms with E-state index in [1.54, 1.807) is 55.6 Å². The van der Waals surface area contributed by atoms with Gasteiger partial charge in [-0.3, -0.25) is 13.9 Å². The van der Waals surface area contributed by atoms with Crippen LogP contribution in [0.3, 0.4) is 0 Å². The topological polar surface area (TPSA) is 96.0 Å². The van der Waals surface area contributed by atoms with Crippen molar-refractivity contribution in [1.29, 1.82) is 0 Å². The minimum atomic E-state index is -4.12. The van der Waals surface area contributed by atoms with E-state index in [1.807, 2.05) is 58.2 Å². The SMILES string of the molecule is CC[C@H](C(=O)NCC(C)C)N(Cc1ccc(OC)cc1)C(=O)CN(c1ccc(C)cc1)S(=O)(=O)c1ccc(SC)cc1. The highest BCUT2D eigenvalue weighted by Crippen LogP contribution is 2.27. The molecule has 0 fully saturated rings. The lowest BCUT2D eigenvalue weighted by Crippen LogP contribution is -2.52. The molecule has 8 nitrogen and oxygen atoms in total. The van der Waals surface area contributed by atoms with E-state index >= 15 is 0 Å². The van der Waals surface area contributed by atoms with Gasteiger partial charge in [0.1, 0.15) is 18.3 Å². The Kier molecular flexibility index (Phi) is 11.9. The third kappa shape index (κ3) is 8.51. The van der Waals surface area contributed by atoms with Crippen LogP contribution in [0.4, 0.5) is 5.69 Å². The van der Waals surface area contributed by atoms with Crippen LogP contribution in [0.5, 0.6) is 5.75 Å². The summed E-state index contributed by atoms with van der Waals surface area (Å²) in [5.74, 6) is 0.145. The Bertz CT molecular complexity index is 1420. The van der Waals surface area contributed by atoms with Gasteiger partial charge in [-0.15, -0.1) is 11.8 Å². The van der Waals surface area contributed by atoms with Crippen LogP contribution in [-0.4, -0.2) is 57.6 Å². The Morgan fingerprint density at radius 3 is 2.10 bits per heavy atom. The van der Waals surface area contributed by atoms with E-state index in [0.29, 0.717) is 24.4 Å². The Hall–Kier alpha value is -3.50. The van der Waals surface area contributed by atoms with Crippen LogP contribution in [-0.2, 0) is 26.2 Å². The largest absolute Gasteiger partial charge is 0.497 e. The fourth-order valence-corrected chi connectivity index (χ4v) is 6.21. The number of nitrogens with one attached hydrogen (secondary N) is 1. The van der Waals surface area contributed by atoms with Crippen molar-refractivity contribution in [3.05, 3.63) is 83.9 Å². The number of nitrogens with zero attached hydrogens (tertiary/aromatic N) is 2. The Morgan fingerprint density at radius 2 is 1.57 bits per heavy atom. The van der Waals surface area contributed by atoms with Gasteiger partial charge >= 0.3 is 0 Å². The summed E-state index contributed by atoms with van der Waals surface area (Å²) in [4.78, 5) is 30.0. The van der Waals surface area contributed by atoms with Crippen LogP contribution >= 0.6 is 11.8 Å². The van der Waals surface area contributed by atoms with E-state index in [1.165, 1.54) is 16.7 Å². The second kappa shape index (κ2) is 15.1. The summed E-state index contributed by atoms with van der Waals surface area (Å²) in [5.41, 5.74) is 2.11. The summed E-state index contributed by atoms with van der Waals surface area (Å²) >= 11 is 1.51. The van der Waals surface area contributed by atoms with Crippen LogP contribution in [0.1, 0.15) is 38.3 Å². The number of carbonyl (C=O) groups is 2. The molecule has 3 aromatic rings. The predicted octanol–water partition coefficient (Wildman–Crippen LogP) is 5.50. The van der Waals surface area contributed by atoms with Crippen molar-refractivity contribution in [3.63, 3.8) is 0 Å². The van der Waals surface area contributed by atoms with E-state index < -0.39 is 28.5 Å². The lowest BCUT2D eigenvalue weighted by molar-refractivity contribution is -0.140. The van der Waals surface area contributed by atoms with Crippen molar-refractivity contribution < 1.29 is 22.7 Å². The molecule has 2 amide bonds. The number of benzene rings is 3. The van der Waals surface area contributed by atoms with Crippen molar-refractivity contribution in [1.82, 2.24) is 10.2 Å². The first-order valence-electron chi connectivity index (χ1n) is 13.9. The van der Waals surface area contributed by atoms with Crippen molar-refractivity contribution in [3.8, 4) is 5.75 Å². The molecule has 1 N–H and O–H groups in total. The number of anilines is 1. The number of thioether (sulfide) groups is 1. The Balaban J connectivity index is 2.04. The third-order valence-corrected chi connectivity index (χ3v) is 9.36. The predicted molar refractivity (Wildman–Crippen MR) is 169 cm³/mol. The Labute approximate surface area is 254 Å². The van der Waals surface area contributed by atoms with Gasteiger partial charge < -0.3 is 15.0 Å². The van der Waals surface area contributed by atoms with Gasteiger partial charge in [0.05, 0.1) is 17.7 Å². The summed E-state index contributed by atoms with van der Waals surface area (Å²) in [7, 11) is -2.54. The molecule has 226 valence electrons. The smallest absolute Gasteiger partial charge is 0.264 e. The molecule has 0 aliphatic carbocycles. The summed E-state index contributed by atoms with van der Waals surface area (Å²) in [6.45, 7) is 7.87. The Morgan fingerprint density at radius 1 is 0.952 bits per heavy atom. The maximum absolute atomic E-state index is 14.2. The van der Waals surface area contributed by atoms with Gasteiger partial charge in [0, 0.05) is 18.0 Å². The fourth-order valence-electron chi connectivity index (χ4n) is 4.38. The molecule has 0 aliphatic heterocycles. The number of carbonyl (C=O) groups excluding carboxylic acids is 2. The minimum absolute atomic E-state index is 0.0806. The second-order valence-corrected chi connectivity index (χ2v) is 13.2. The van der Waals surface area contributed by atoms with Crippen molar-refractivity contribution >= 4 is 39.3 Å². The molecule has 0 heterocycles. The molecule has 0 unspecified atom stereocenters. The summed E-state index contributed by atoms with van der Waals surface area (Å²) in [6.07, 6.45) is 2.28. The molecule has 0 bridgehead atoms. The maximum Gasteiger partial charge on any atom is 0.264 e. The molecule has 3 aromatic carbocycles. The highest BCUT2D eigenvalue weighted by molar-refractivity contribution is 7.98. The number of rotatable bonds is 14. The van der Waals surface area contributed by atoms with E-state index in [2.05, 4.69) is 5.32 Å².